The number of rotatable bonds is 12. The lowest BCUT2D eigenvalue weighted by Crippen LogP contribution is -2.50. The summed E-state index contributed by atoms with van der Waals surface area (Å²) in [6.45, 7) is 11.2. The van der Waals surface area contributed by atoms with Gasteiger partial charge >= 0.3 is 18.1 Å². The normalized spacial score (nSPS) is 20.7. The maximum atomic E-state index is 16.5. The minimum absolute atomic E-state index is 0.0412. The van der Waals surface area contributed by atoms with Crippen LogP contribution >= 0.6 is 0 Å². The molecule has 4 fully saturated rings. The first-order chi connectivity index (χ1) is 29.3. The number of methoxy groups -OCH3 is 1. The molecule has 322 valence electrons. The van der Waals surface area contributed by atoms with Gasteiger partial charge in [0.05, 0.1) is 35.5 Å². The van der Waals surface area contributed by atoms with E-state index < -0.39 is 11.6 Å². The number of likely N-dealkylation sites (tertiary alicyclic amines) is 1. The summed E-state index contributed by atoms with van der Waals surface area (Å²) in [5.74, 6) is -0.136. The first-order valence-electron chi connectivity index (χ1n) is 21.3. The summed E-state index contributed by atoms with van der Waals surface area (Å²) in [6.07, 6.45) is 6.27. The van der Waals surface area contributed by atoms with Gasteiger partial charge in [0.25, 0.3) is 0 Å². The fourth-order valence-electron chi connectivity index (χ4n) is 8.97. The molecule has 61 heavy (non-hydrogen) atoms. The molecule has 5 aromatic rings. The summed E-state index contributed by atoms with van der Waals surface area (Å²) < 4.78 is 49.0. The van der Waals surface area contributed by atoms with Crippen molar-refractivity contribution in [1.29, 1.82) is 0 Å². The van der Waals surface area contributed by atoms with Crippen LogP contribution in [0.15, 0.2) is 42.6 Å². The van der Waals surface area contributed by atoms with E-state index in [1.807, 2.05) is 32.6 Å². The Hall–Kier alpha value is -5.54. The molecule has 15 heteroatoms. The number of hydrogen-bond acceptors (Lipinski definition) is 11. The number of nitrogens with zero attached hydrogens (tertiary/aromatic N) is 6. The zero-order chi connectivity index (χ0) is 42.7. The Bertz CT molecular complexity index is 2490. The van der Waals surface area contributed by atoms with Crippen LogP contribution in [-0.4, -0.2) is 99.0 Å². The van der Waals surface area contributed by atoms with E-state index in [0.29, 0.717) is 53.4 Å². The molecular weight excluding hydrogens is 784 g/mol. The van der Waals surface area contributed by atoms with Crippen LogP contribution in [0.1, 0.15) is 105 Å². The standard InChI is InChI=1S/C46H53FN6O8/c1-25(57-6)23-60-44-49-40-33(42(50-44)51-21-31-17-30(51)22-52(31)45(56)61-46(3,4)5)18-32(28-14-15-28)39(41(40)59-24-27-10-12-29(13-11-27)43(54)55)38-26(2)35(47)19-36-34(38)20-48-53(36)37-9-7-8-16-58-37/h10-13,18-20,25,28,30-31,37H,7-9,14-17,21-24H2,1-6H3,(H,54,55)/t25-,30+,31+,37?/m1/s1. The summed E-state index contributed by atoms with van der Waals surface area (Å²) in [6, 6.07) is 10.3. The number of fused-ring (bicyclic) bond motifs is 4. The number of aromatic carboxylic acids is 1. The zero-order valence-electron chi connectivity index (χ0n) is 35.6. The second-order valence-corrected chi connectivity index (χ2v) is 17.8. The fourth-order valence-corrected chi connectivity index (χ4v) is 8.97. The quantitative estimate of drug-likeness (QED) is 0.128. The van der Waals surface area contributed by atoms with E-state index in [1.165, 1.54) is 0 Å². The van der Waals surface area contributed by atoms with Crippen LogP contribution < -0.4 is 14.4 Å². The van der Waals surface area contributed by atoms with E-state index in [1.54, 1.807) is 55.2 Å². The number of piperazine rings is 1. The lowest BCUT2D eigenvalue weighted by Gasteiger charge is -2.36. The third kappa shape index (κ3) is 7.93. The van der Waals surface area contributed by atoms with Crippen LogP contribution in [0.5, 0.6) is 11.8 Å². The number of carboxylic acids is 1. The van der Waals surface area contributed by atoms with Gasteiger partial charge in [-0.25, -0.2) is 18.7 Å². The second kappa shape index (κ2) is 16.1. The SMILES string of the molecule is CO[C@H](C)COc1nc(N2C[C@@H]3C[C@H]2CN3C(=O)OC(C)(C)C)c2cc(C3CC3)c(-c3c(C)c(F)cc4c3cnn4C3CCCCO3)c(OCc3ccc(C(=O)O)cc3)c2n1. The summed E-state index contributed by atoms with van der Waals surface area (Å²) in [5.41, 5.74) is 4.24. The maximum Gasteiger partial charge on any atom is 0.410 e. The molecule has 0 radical (unpaired) electrons. The molecule has 1 unspecified atom stereocenters. The van der Waals surface area contributed by atoms with Crippen LogP contribution in [0, 0.1) is 12.7 Å². The first kappa shape index (κ1) is 40.8. The van der Waals surface area contributed by atoms with E-state index in [-0.39, 0.29) is 67.0 Å². The zero-order valence-corrected chi connectivity index (χ0v) is 35.6. The molecule has 3 saturated heterocycles. The third-order valence-electron chi connectivity index (χ3n) is 12.3. The van der Waals surface area contributed by atoms with Crippen molar-refractivity contribution >= 4 is 39.7 Å². The average Bonchev–Trinajstić information content (AvgIpc) is 3.68. The Morgan fingerprint density at radius 1 is 1.00 bits per heavy atom. The molecular formula is C46H53FN6O8. The largest absolute Gasteiger partial charge is 0.486 e. The monoisotopic (exact) mass is 836 g/mol. The summed E-state index contributed by atoms with van der Waals surface area (Å²) in [4.78, 5) is 39.3. The van der Waals surface area contributed by atoms with E-state index in [0.717, 1.165) is 66.0 Å². The number of carbonyl (C=O) groups is 2. The number of hydrogen-bond donors (Lipinski definition) is 1. The van der Waals surface area contributed by atoms with Crippen LogP contribution in [0.3, 0.4) is 0 Å². The smallest absolute Gasteiger partial charge is 0.410 e. The van der Waals surface area contributed by atoms with Crippen molar-refractivity contribution in [3.05, 3.63) is 70.7 Å². The Labute approximate surface area is 353 Å². The van der Waals surface area contributed by atoms with E-state index >= 15 is 4.39 Å². The number of anilines is 1. The van der Waals surface area contributed by atoms with E-state index in [2.05, 4.69) is 11.0 Å². The highest BCUT2D eigenvalue weighted by atomic mass is 19.1. The topological polar surface area (TPSA) is 151 Å². The van der Waals surface area contributed by atoms with Gasteiger partial charge in [-0.2, -0.15) is 15.1 Å². The van der Waals surface area contributed by atoms with Crippen molar-refractivity contribution in [3.8, 4) is 22.9 Å². The molecule has 1 aliphatic carbocycles. The predicted molar refractivity (Wildman–Crippen MR) is 226 cm³/mol. The Balaban J connectivity index is 1.24. The molecule has 5 heterocycles. The highest BCUT2D eigenvalue weighted by Gasteiger charge is 2.48. The van der Waals surface area contributed by atoms with Gasteiger partial charge < -0.3 is 38.6 Å². The molecule has 4 aliphatic rings. The predicted octanol–water partition coefficient (Wildman–Crippen LogP) is 8.56. The fraction of sp³-hybridized carbons (Fsp3) is 0.500. The minimum atomic E-state index is -1.02. The van der Waals surface area contributed by atoms with Gasteiger partial charge in [-0.1, -0.05) is 12.1 Å². The Morgan fingerprint density at radius 3 is 2.44 bits per heavy atom. The number of carboxylic acid groups (broad SMARTS) is 1. The molecule has 3 aromatic carbocycles. The molecule has 1 saturated carbocycles. The number of benzene rings is 3. The molecule has 4 atom stereocenters. The number of halogens is 1. The lowest BCUT2D eigenvalue weighted by molar-refractivity contribution is -0.0367. The van der Waals surface area contributed by atoms with Gasteiger partial charge in [-0.15, -0.1) is 0 Å². The second-order valence-electron chi connectivity index (χ2n) is 17.8. The summed E-state index contributed by atoms with van der Waals surface area (Å²) in [7, 11) is 1.61. The Morgan fingerprint density at radius 2 is 1.79 bits per heavy atom. The van der Waals surface area contributed by atoms with Gasteiger partial charge in [-0.3, -0.25) is 0 Å². The molecule has 9 rings (SSSR count). The van der Waals surface area contributed by atoms with Crippen molar-refractivity contribution in [2.24, 2.45) is 0 Å². The van der Waals surface area contributed by atoms with Crippen molar-refractivity contribution in [2.45, 2.75) is 116 Å². The summed E-state index contributed by atoms with van der Waals surface area (Å²) in [5, 5.41) is 15.9. The van der Waals surface area contributed by atoms with E-state index in [9.17, 15) is 14.7 Å². The summed E-state index contributed by atoms with van der Waals surface area (Å²) >= 11 is 0. The minimum Gasteiger partial charge on any atom is -0.486 e. The molecule has 1 N–H and O–H groups in total. The molecule has 1 amide bonds. The molecule has 2 aromatic heterocycles. The maximum absolute atomic E-state index is 16.5. The average molecular weight is 837 g/mol. The number of amides is 1. The van der Waals surface area contributed by atoms with Crippen molar-refractivity contribution in [3.63, 3.8) is 0 Å². The Kier molecular flexibility index (Phi) is 10.8. The molecule has 14 nitrogen and oxygen atoms in total. The van der Waals surface area contributed by atoms with Crippen molar-refractivity contribution < 1.29 is 42.8 Å². The van der Waals surface area contributed by atoms with Crippen LogP contribution in [0.25, 0.3) is 32.9 Å². The van der Waals surface area contributed by atoms with Gasteiger partial charge in [0.15, 0.2) is 12.0 Å². The first-order valence-corrected chi connectivity index (χ1v) is 21.3. The van der Waals surface area contributed by atoms with Gasteiger partial charge in [0, 0.05) is 54.8 Å². The number of aromatic nitrogens is 4. The van der Waals surface area contributed by atoms with Crippen LogP contribution in [0.4, 0.5) is 15.0 Å². The molecule has 2 bridgehead atoms. The highest BCUT2D eigenvalue weighted by molar-refractivity contribution is 6.06. The lowest BCUT2D eigenvalue weighted by atomic mass is 9.88. The van der Waals surface area contributed by atoms with Crippen LogP contribution in [-0.2, 0) is 20.8 Å². The highest BCUT2D eigenvalue weighted by Crippen LogP contribution is 2.54. The number of ether oxygens (including phenoxy) is 5. The van der Waals surface area contributed by atoms with Gasteiger partial charge in [0.2, 0.25) is 0 Å². The van der Waals surface area contributed by atoms with Gasteiger partial charge in [-0.05, 0) is 114 Å². The van der Waals surface area contributed by atoms with Crippen LogP contribution in [0.2, 0.25) is 0 Å². The van der Waals surface area contributed by atoms with Crippen molar-refractivity contribution in [2.75, 3.05) is 38.3 Å². The third-order valence-corrected chi connectivity index (χ3v) is 12.3. The van der Waals surface area contributed by atoms with Crippen molar-refractivity contribution in [1.82, 2.24) is 24.6 Å². The van der Waals surface area contributed by atoms with Gasteiger partial charge in [0.1, 0.15) is 36.0 Å². The molecule has 0 spiro atoms. The number of carbonyl (C=O) groups excluding carboxylic acids is 1. The van der Waals surface area contributed by atoms with E-state index in [4.69, 9.17) is 38.8 Å². The molecule has 3 aliphatic heterocycles.